The van der Waals surface area contributed by atoms with E-state index in [1.54, 1.807) is 0 Å². The highest BCUT2D eigenvalue weighted by molar-refractivity contribution is 8.06. The van der Waals surface area contributed by atoms with Gasteiger partial charge in [-0.05, 0) is 30.2 Å². The molecule has 5 heteroatoms. The summed E-state index contributed by atoms with van der Waals surface area (Å²) in [7, 11) is 0. The van der Waals surface area contributed by atoms with E-state index in [2.05, 4.69) is 16.3 Å². The molecule has 0 saturated carbocycles. The van der Waals surface area contributed by atoms with Gasteiger partial charge in [0.15, 0.2) is 0 Å². The maximum atomic E-state index is 8.77. The fourth-order valence-electron chi connectivity index (χ4n) is 1.10. The normalized spacial score (nSPS) is 11.6. The lowest BCUT2D eigenvalue weighted by Crippen LogP contribution is -1.94. The number of aryl methyl sites for hydroxylation is 1. The fourth-order valence-corrected chi connectivity index (χ4v) is 1.69. The van der Waals surface area contributed by atoms with E-state index in [1.807, 2.05) is 30.3 Å². The lowest BCUT2D eigenvalue weighted by atomic mass is 10.1. The van der Waals surface area contributed by atoms with Gasteiger partial charge in [0, 0.05) is 0 Å². The standard InChI is InChI=1S/C9H13O3PS/c10-13(11,14)12-8-4-7-9-5-2-1-3-6-9/h1-3,5-6H,4,7-8H2,(H2,10,11,14). The van der Waals surface area contributed by atoms with E-state index in [-0.39, 0.29) is 0 Å². The van der Waals surface area contributed by atoms with Gasteiger partial charge in [-0.15, -0.1) is 0 Å². The summed E-state index contributed by atoms with van der Waals surface area (Å²) in [6, 6.07) is 9.94. The molecule has 2 N–H and O–H groups in total. The average molecular weight is 232 g/mol. The van der Waals surface area contributed by atoms with Crippen LogP contribution in [0.1, 0.15) is 12.0 Å². The molecule has 0 aliphatic rings. The minimum absolute atomic E-state index is 0.291. The van der Waals surface area contributed by atoms with Crippen molar-refractivity contribution < 1.29 is 14.3 Å². The zero-order valence-electron chi connectivity index (χ0n) is 7.67. The molecule has 0 saturated heterocycles. The van der Waals surface area contributed by atoms with E-state index in [9.17, 15) is 0 Å². The minimum atomic E-state index is -3.45. The first-order chi connectivity index (χ1) is 6.58. The molecule has 0 aliphatic heterocycles. The summed E-state index contributed by atoms with van der Waals surface area (Å²) in [5.74, 6) is 0. The van der Waals surface area contributed by atoms with Crippen molar-refractivity contribution in [1.29, 1.82) is 0 Å². The second kappa shape index (κ2) is 5.59. The zero-order chi connectivity index (χ0) is 10.4. The SMILES string of the molecule is OP(O)(=S)OCCCc1ccccc1. The molecule has 1 rings (SSSR count). The van der Waals surface area contributed by atoms with E-state index in [1.165, 1.54) is 5.56 Å². The monoisotopic (exact) mass is 232 g/mol. The first kappa shape index (κ1) is 11.8. The molecule has 0 radical (unpaired) electrons. The van der Waals surface area contributed by atoms with Gasteiger partial charge in [-0.3, -0.25) is 0 Å². The molecule has 0 fully saturated rings. The lowest BCUT2D eigenvalue weighted by Gasteiger charge is -2.07. The van der Waals surface area contributed by atoms with Crippen LogP contribution in [0.3, 0.4) is 0 Å². The van der Waals surface area contributed by atoms with Crippen molar-refractivity contribution in [2.45, 2.75) is 12.8 Å². The van der Waals surface area contributed by atoms with Crippen LogP contribution in [-0.2, 0) is 22.8 Å². The van der Waals surface area contributed by atoms with E-state index in [0.717, 1.165) is 12.8 Å². The molecule has 0 spiro atoms. The quantitative estimate of drug-likeness (QED) is 0.601. The second-order valence-corrected chi connectivity index (χ2v) is 5.58. The molecule has 0 aliphatic carbocycles. The highest BCUT2D eigenvalue weighted by Crippen LogP contribution is 2.36. The van der Waals surface area contributed by atoms with Crippen LogP contribution >= 0.6 is 6.72 Å². The maximum Gasteiger partial charge on any atom is 0.321 e. The number of hydrogen-bond donors (Lipinski definition) is 2. The van der Waals surface area contributed by atoms with Crippen molar-refractivity contribution in [3.8, 4) is 0 Å². The Morgan fingerprint density at radius 1 is 1.21 bits per heavy atom. The first-order valence-corrected chi connectivity index (χ1v) is 6.94. The summed E-state index contributed by atoms with van der Waals surface area (Å²) in [6.45, 7) is -3.16. The van der Waals surface area contributed by atoms with Crippen molar-refractivity contribution in [2.75, 3.05) is 6.61 Å². The van der Waals surface area contributed by atoms with Gasteiger partial charge < -0.3 is 14.3 Å². The predicted molar refractivity (Wildman–Crippen MR) is 59.4 cm³/mol. The topological polar surface area (TPSA) is 49.7 Å². The van der Waals surface area contributed by atoms with Crippen molar-refractivity contribution in [3.63, 3.8) is 0 Å². The Morgan fingerprint density at radius 3 is 2.43 bits per heavy atom. The van der Waals surface area contributed by atoms with Gasteiger partial charge in [-0.1, -0.05) is 30.3 Å². The smallest absolute Gasteiger partial charge is 0.321 e. The summed E-state index contributed by atoms with van der Waals surface area (Å²) < 4.78 is 4.69. The number of rotatable bonds is 5. The third kappa shape index (κ3) is 5.47. The highest BCUT2D eigenvalue weighted by Gasteiger charge is 2.06. The lowest BCUT2D eigenvalue weighted by molar-refractivity contribution is 0.248. The van der Waals surface area contributed by atoms with Gasteiger partial charge in [0.25, 0.3) is 0 Å². The van der Waals surface area contributed by atoms with Crippen LogP contribution in [0, 0.1) is 0 Å². The van der Waals surface area contributed by atoms with Crippen LogP contribution < -0.4 is 0 Å². The van der Waals surface area contributed by atoms with Crippen LogP contribution in [0.5, 0.6) is 0 Å². The number of hydrogen-bond acceptors (Lipinski definition) is 2. The first-order valence-electron chi connectivity index (χ1n) is 4.32. The molecule has 3 nitrogen and oxygen atoms in total. The van der Waals surface area contributed by atoms with Crippen LogP contribution in [0.2, 0.25) is 0 Å². The maximum absolute atomic E-state index is 8.77. The zero-order valence-corrected chi connectivity index (χ0v) is 9.38. The Balaban J connectivity index is 2.20. The third-order valence-electron chi connectivity index (χ3n) is 1.71. The van der Waals surface area contributed by atoms with Gasteiger partial charge in [0.2, 0.25) is 0 Å². The fraction of sp³-hybridized carbons (Fsp3) is 0.333. The van der Waals surface area contributed by atoms with E-state index in [4.69, 9.17) is 9.79 Å². The molecule has 78 valence electrons. The molecule has 0 unspecified atom stereocenters. The molecule has 14 heavy (non-hydrogen) atoms. The molecular formula is C9H13O3PS. The Labute approximate surface area is 88.6 Å². The van der Waals surface area contributed by atoms with E-state index < -0.39 is 6.72 Å². The van der Waals surface area contributed by atoms with Gasteiger partial charge in [0.05, 0.1) is 6.61 Å². The molecule has 0 aromatic heterocycles. The molecule has 1 aromatic rings. The second-order valence-electron chi connectivity index (χ2n) is 2.91. The molecule has 0 amide bonds. The van der Waals surface area contributed by atoms with Crippen molar-refractivity contribution in [3.05, 3.63) is 35.9 Å². The van der Waals surface area contributed by atoms with Crippen molar-refractivity contribution in [1.82, 2.24) is 0 Å². The van der Waals surface area contributed by atoms with Gasteiger partial charge >= 0.3 is 6.72 Å². The minimum Gasteiger partial charge on any atom is -0.325 e. The molecule has 0 heterocycles. The average Bonchev–Trinajstić information content (AvgIpc) is 2.13. The predicted octanol–water partition coefficient (Wildman–Crippen LogP) is 1.84. The van der Waals surface area contributed by atoms with Crippen LogP contribution in [0.15, 0.2) is 30.3 Å². The molecule has 0 atom stereocenters. The van der Waals surface area contributed by atoms with E-state index >= 15 is 0 Å². The molecule has 1 aromatic carbocycles. The van der Waals surface area contributed by atoms with Crippen molar-refractivity contribution >= 4 is 18.5 Å². The van der Waals surface area contributed by atoms with Crippen molar-refractivity contribution in [2.24, 2.45) is 0 Å². The van der Waals surface area contributed by atoms with Gasteiger partial charge in [-0.2, -0.15) is 0 Å². The Bertz CT molecular complexity index is 309. The number of benzene rings is 1. The third-order valence-corrected chi connectivity index (χ3v) is 2.55. The Hall–Kier alpha value is -0.250. The Morgan fingerprint density at radius 2 is 1.86 bits per heavy atom. The van der Waals surface area contributed by atoms with Gasteiger partial charge in [-0.25, -0.2) is 0 Å². The summed E-state index contributed by atoms with van der Waals surface area (Å²) in [5.41, 5.74) is 1.21. The highest BCUT2D eigenvalue weighted by atomic mass is 32.5. The molecular weight excluding hydrogens is 219 g/mol. The van der Waals surface area contributed by atoms with Crippen LogP contribution in [0.25, 0.3) is 0 Å². The Kier molecular flexibility index (Phi) is 4.72. The van der Waals surface area contributed by atoms with Gasteiger partial charge in [0.1, 0.15) is 0 Å². The largest absolute Gasteiger partial charge is 0.325 e. The van der Waals surface area contributed by atoms with Crippen LogP contribution in [-0.4, -0.2) is 16.4 Å². The summed E-state index contributed by atoms with van der Waals surface area (Å²) in [4.78, 5) is 17.5. The molecule has 0 bridgehead atoms. The summed E-state index contributed by atoms with van der Waals surface area (Å²) >= 11 is 4.31. The van der Waals surface area contributed by atoms with Crippen LogP contribution in [0.4, 0.5) is 0 Å². The summed E-state index contributed by atoms with van der Waals surface area (Å²) in [6.07, 6.45) is 1.60. The van der Waals surface area contributed by atoms with E-state index in [0.29, 0.717) is 6.61 Å². The summed E-state index contributed by atoms with van der Waals surface area (Å²) in [5, 5.41) is 0.